The molecule has 1 unspecified atom stereocenters. The van der Waals surface area contributed by atoms with Crippen molar-refractivity contribution < 1.29 is 9.53 Å². The molecule has 33 heavy (non-hydrogen) atoms. The van der Waals surface area contributed by atoms with Gasteiger partial charge >= 0.3 is 0 Å². The van der Waals surface area contributed by atoms with Crippen LogP contribution in [-0.2, 0) is 0 Å². The second-order valence-corrected chi connectivity index (χ2v) is 9.35. The third kappa shape index (κ3) is 4.08. The first-order chi connectivity index (χ1) is 16.1. The molecule has 3 heterocycles. The third-order valence-electron chi connectivity index (χ3n) is 7.51. The van der Waals surface area contributed by atoms with Gasteiger partial charge in [-0.1, -0.05) is 24.3 Å². The number of ether oxygens (including phenoxy) is 1. The number of aromatic amines is 1. The molecule has 174 valence electrons. The van der Waals surface area contributed by atoms with Gasteiger partial charge in [-0.3, -0.25) is 9.69 Å². The minimum absolute atomic E-state index is 0.152. The predicted octanol–water partition coefficient (Wildman–Crippen LogP) is 4.22. The smallest absolute Gasteiger partial charge is 0.256 e. The van der Waals surface area contributed by atoms with Crippen molar-refractivity contribution in [3.8, 4) is 5.75 Å². The van der Waals surface area contributed by atoms with E-state index in [0.717, 1.165) is 80.0 Å². The van der Waals surface area contributed by atoms with E-state index < -0.39 is 0 Å². The number of aromatic nitrogens is 1. The fourth-order valence-corrected chi connectivity index (χ4v) is 5.49. The quantitative estimate of drug-likeness (QED) is 0.652. The molecule has 0 radical (unpaired) electrons. The van der Waals surface area contributed by atoms with Crippen LogP contribution in [0.25, 0.3) is 10.9 Å². The minimum atomic E-state index is 0.152. The molecular weight excluding hydrogens is 412 g/mol. The minimum Gasteiger partial charge on any atom is -0.495 e. The summed E-state index contributed by atoms with van der Waals surface area (Å²) in [6.07, 6.45) is 2.21. The molecule has 0 aliphatic carbocycles. The summed E-state index contributed by atoms with van der Waals surface area (Å²) < 4.78 is 5.56. The number of nitrogens with one attached hydrogen (secondary N) is 1. The molecule has 2 fully saturated rings. The number of likely N-dealkylation sites (tertiary alicyclic amines) is 1. The average Bonchev–Trinajstić information content (AvgIpc) is 3.17. The van der Waals surface area contributed by atoms with E-state index in [0.29, 0.717) is 6.04 Å². The summed E-state index contributed by atoms with van der Waals surface area (Å²) >= 11 is 0. The van der Waals surface area contributed by atoms with Crippen molar-refractivity contribution in [1.82, 2.24) is 14.8 Å². The molecule has 1 N–H and O–H groups in total. The van der Waals surface area contributed by atoms with Crippen molar-refractivity contribution in [3.63, 3.8) is 0 Å². The number of rotatable bonds is 4. The van der Waals surface area contributed by atoms with Crippen molar-refractivity contribution in [1.29, 1.82) is 0 Å². The fraction of sp³-hybridized carbons (Fsp3) is 0.444. The molecule has 0 bridgehead atoms. The zero-order valence-corrected chi connectivity index (χ0v) is 19.9. The molecule has 1 atom stereocenters. The molecule has 1 amide bonds. The van der Waals surface area contributed by atoms with Gasteiger partial charge < -0.3 is 19.5 Å². The van der Waals surface area contributed by atoms with Gasteiger partial charge in [-0.15, -0.1) is 0 Å². The predicted molar refractivity (Wildman–Crippen MR) is 133 cm³/mol. The van der Waals surface area contributed by atoms with Crippen molar-refractivity contribution in [2.24, 2.45) is 0 Å². The highest BCUT2D eigenvalue weighted by molar-refractivity contribution is 6.06. The first kappa shape index (κ1) is 21.8. The SMILES string of the molecule is COc1ccccc1N1CCN(C2CCCN(C(=O)c3cccc4c(C)c(C)[nH]c34)C2)CC1. The van der Waals surface area contributed by atoms with Gasteiger partial charge in [0.25, 0.3) is 5.91 Å². The number of para-hydroxylation sites is 3. The molecule has 2 aliphatic heterocycles. The van der Waals surface area contributed by atoms with Gasteiger partial charge in [0.1, 0.15) is 5.75 Å². The van der Waals surface area contributed by atoms with Crippen LogP contribution in [0, 0.1) is 13.8 Å². The molecule has 0 spiro atoms. The Bertz CT molecular complexity index is 1150. The largest absolute Gasteiger partial charge is 0.495 e. The lowest BCUT2D eigenvalue weighted by Crippen LogP contribution is -2.56. The highest BCUT2D eigenvalue weighted by atomic mass is 16.5. The zero-order valence-electron chi connectivity index (χ0n) is 19.9. The Morgan fingerprint density at radius 3 is 2.58 bits per heavy atom. The van der Waals surface area contributed by atoms with E-state index in [1.54, 1.807) is 7.11 Å². The number of piperidine rings is 1. The number of H-pyrrole nitrogens is 1. The highest BCUT2D eigenvalue weighted by Gasteiger charge is 2.31. The summed E-state index contributed by atoms with van der Waals surface area (Å²) in [5, 5.41) is 1.15. The monoisotopic (exact) mass is 446 g/mol. The van der Waals surface area contributed by atoms with Crippen LogP contribution in [0.2, 0.25) is 0 Å². The maximum Gasteiger partial charge on any atom is 0.256 e. The topological polar surface area (TPSA) is 51.8 Å². The Hall–Kier alpha value is -2.99. The van der Waals surface area contributed by atoms with Crippen LogP contribution in [0.3, 0.4) is 0 Å². The molecule has 3 aromatic rings. The Labute approximate surface area is 196 Å². The number of methoxy groups -OCH3 is 1. The summed E-state index contributed by atoms with van der Waals surface area (Å²) in [5.41, 5.74) is 5.30. The number of nitrogens with zero attached hydrogens (tertiary/aromatic N) is 3. The molecule has 2 saturated heterocycles. The van der Waals surface area contributed by atoms with E-state index in [1.165, 1.54) is 11.3 Å². The summed E-state index contributed by atoms with van der Waals surface area (Å²) in [4.78, 5) is 24.0. The van der Waals surface area contributed by atoms with Gasteiger partial charge in [-0.25, -0.2) is 0 Å². The first-order valence-electron chi connectivity index (χ1n) is 12.1. The lowest BCUT2D eigenvalue weighted by Gasteiger charge is -2.44. The number of benzene rings is 2. The Kier molecular flexibility index (Phi) is 6.02. The lowest BCUT2D eigenvalue weighted by atomic mass is 10.0. The number of carbonyl (C=O) groups excluding carboxylic acids is 1. The molecular formula is C27H34N4O2. The van der Waals surface area contributed by atoms with E-state index in [1.807, 2.05) is 24.3 Å². The second kappa shape index (κ2) is 9.10. The van der Waals surface area contributed by atoms with Gasteiger partial charge in [-0.05, 0) is 50.5 Å². The highest BCUT2D eigenvalue weighted by Crippen LogP contribution is 2.30. The van der Waals surface area contributed by atoms with E-state index in [9.17, 15) is 4.79 Å². The van der Waals surface area contributed by atoms with Crippen LogP contribution in [0.1, 0.15) is 34.5 Å². The van der Waals surface area contributed by atoms with E-state index in [-0.39, 0.29) is 5.91 Å². The lowest BCUT2D eigenvalue weighted by molar-refractivity contribution is 0.0565. The number of hydrogen-bond acceptors (Lipinski definition) is 4. The van der Waals surface area contributed by atoms with Gasteiger partial charge in [0.05, 0.1) is 23.9 Å². The van der Waals surface area contributed by atoms with Gasteiger partial charge in [0.15, 0.2) is 0 Å². The maximum absolute atomic E-state index is 13.5. The number of anilines is 1. The number of piperazine rings is 1. The zero-order chi connectivity index (χ0) is 22.9. The number of carbonyl (C=O) groups is 1. The molecule has 2 aliphatic rings. The van der Waals surface area contributed by atoms with Crippen molar-refractivity contribution >= 4 is 22.5 Å². The Morgan fingerprint density at radius 2 is 1.79 bits per heavy atom. The normalized spacial score (nSPS) is 19.8. The van der Waals surface area contributed by atoms with E-state index in [2.05, 4.69) is 51.7 Å². The van der Waals surface area contributed by atoms with Crippen molar-refractivity contribution in [3.05, 3.63) is 59.3 Å². The van der Waals surface area contributed by atoms with Gasteiger partial charge in [-0.2, -0.15) is 0 Å². The van der Waals surface area contributed by atoms with Gasteiger partial charge in [0, 0.05) is 56.4 Å². The van der Waals surface area contributed by atoms with Crippen molar-refractivity contribution in [2.75, 3.05) is 51.3 Å². The fourth-order valence-electron chi connectivity index (χ4n) is 5.49. The molecule has 6 nitrogen and oxygen atoms in total. The van der Waals surface area contributed by atoms with Crippen LogP contribution in [0.4, 0.5) is 5.69 Å². The number of hydrogen-bond donors (Lipinski definition) is 1. The first-order valence-corrected chi connectivity index (χ1v) is 12.1. The Balaban J connectivity index is 1.26. The molecule has 5 rings (SSSR count). The Morgan fingerprint density at radius 1 is 1.00 bits per heavy atom. The second-order valence-electron chi connectivity index (χ2n) is 9.35. The maximum atomic E-state index is 13.5. The third-order valence-corrected chi connectivity index (χ3v) is 7.51. The summed E-state index contributed by atoms with van der Waals surface area (Å²) in [7, 11) is 1.74. The standard InChI is InChI=1S/C27H34N4O2/c1-19-20(2)28-26-22(19)9-6-10-23(26)27(32)31-13-7-8-21(18-31)29-14-16-30(17-15-29)24-11-4-5-12-25(24)33-3/h4-6,9-12,21,28H,7-8,13-18H2,1-3H3. The molecule has 0 saturated carbocycles. The van der Waals surface area contributed by atoms with Crippen LogP contribution < -0.4 is 9.64 Å². The molecule has 1 aromatic heterocycles. The van der Waals surface area contributed by atoms with Crippen LogP contribution in [0.5, 0.6) is 5.75 Å². The average molecular weight is 447 g/mol. The summed E-state index contributed by atoms with van der Waals surface area (Å²) in [5.74, 6) is 1.09. The molecule has 6 heteroatoms. The van der Waals surface area contributed by atoms with E-state index in [4.69, 9.17) is 4.74 Å². The number of fused-ring (bicyclic) bond motifs is 1. The van der Waals surface area contributed by atoms with Crippen LogP contribution in [0.15, 0.2) is 42.5 Å². The van der Waals surface area contributed by atoms with Gasteiger partial charge in [0.2, 0.25) is 0 Å². The summed E-state index contributed by atoms with van der Waals surface area (Å²) in [6, 6.07) is 14.8. The number of amides is 1. The number of aryl methyl sites for hydroxylation is 2. The summed E-state index contributed by atoms with van der Waals surface area (Å²) in [6.45, 7) is 9.81. The molecule has 2 aromatic carbocycles. The van der Waals surface area contributed by atoms with Crippen LogP contribution in [-0.4, -0.2) is 73.1 Å². The van der Waals surface area contributed by atoms with Crippen LogP contribution >= 0.6 is 0 Å². The van der Waals surface area contributed by atoms with E-state index >= 15 is 0 Å². The van der Waals surface area contributed by atoms with Crippen molar-refractivity contribution in [2.45, 2.75) is 32.7 Å².